The minimum atomic E-state index is -0.514. The van der Waals surface area contributed by atoms with Gasteiger partial charge in [-0.2, -0.15) is 16.7 Å². The summed E-state index contributed by atoms with van der Waals surface area (Å²) in [4.78, 5) is 20.4. The monoisotopic (exact) mass is 299 g/mol. The minimum absolute atomic E-state index is 0.146. The molecule has 0 unspecified atom stereocenters. The predicted octanol–water partition coefficient (Wildman–Crippen LogP) is 0.131. The number of nitrogens with zero attached hydrogens (tertiary/aromatic N) is 4. The summed E-state index contributed by atoms with van der Waals surface area (Å²) in [6, 6.07) is 0. The molecule has 0 amide bonds. The van der Waals surface area contributed by atoms with Gasteiger partial charge in [0.15, 0.2) is 0 Å². The molecule has 0 atom stereocenters. The third-order valence-corrected chi connectivity index (χ3v) is 3.86. The Balaban J connectivity index is 1.94. The molecule has 2 rings (SSSR count). The van der Waals surface area contributed by atoms with Crippen LogP contribution in [-0.2, 0) is 0 Å². The quantitative estimate of drug-likeness (QED) is 0.382. The van der Waals surface area contributed by atoms with Crippen molar-refractivity contribution in [2.45, 2.75) is 0 Å². The summed E-state index contributed by atoms with van der Waals surface area (Å²) in [5.74, 6) is 7.81. The normalized spacial score (nSPS) is 15.8. The third kappa shape index (κ3) is 3.92. The standard InChI is InChI=1S/C10H17N7O2S/c11-15-10-13-7-8(17(18)19)9(14-10)12-1-2-16-3-5-20-6-4-16/h7H,1-6,11H2,(H2,12,13,14,15). The molecule has 9 nitrogen and oxygen atoms in total. The highest BCUT2D eigenvalue weighted by Gasteiger charge is 2.17. The number of anilines is 2. The zero-order valence-electron chi connectivity index (χ0n) is 10.9. The molecule has 0 saturated carbocycles. The van der Waals surface area contributed by atoms with Crippen LogP contribution in [0.1, 0.15) is 0 Å². The molecule has 0 aromatic carbocycles. The first-order chi connectivity index (χ1) is 9.70. The van der Waals surface area contributed by atoms with Crippen LogP contribution < -0.4 is 16.6 Å². The molecule has 0 radical (unpaired) electrons. The van der Waals surface area contributed by atoms with E-state index in [0.717, 1.165) is 37.3 Å². The van der Waals surface area contributed by atoms with Crippen molar-refractivity contribution in [3.63, 3.8) is 0 Å². The lowest BCUT2D eigenvalue weighted by molar-refractivity contribution is -0.384. The molecule has 110 valence electrons. The first-order valence-electron chi connectivity index (χ1n) is 6.22. The average molecular weight is 299 g/mol. The first-order valence-corrected chi connectivity index (χ1v) is 7.38. The summed E-state index contributed by atoms with van der Waals surface area (Å²) < 4.78 is 0. The molecule has 4 N–H and O–H groups in total. The largest absolute Gasteiger partial charge is 0.363 e. The number of nitrogens with one attached hydrogen (secondary N) is 2. The maximum atomic E-state index is 10.9. The number of hydrogen-bond acceptors (Lipinski definition) is 9. The molecule has 10 heteroatoms. The zero-order chi connectivity index (χ0) is 14.4. The number of thioether (sulfide) groups is 1. The Bertz CT molecular complexity index is 467. The fourth-order valence-electron chi connectivity index (χ4n) is 1.87. The number of aromatic nitrogens is 2. The van der Waals surface area contributed by atoms with E-state index in [-0.39, 0.29) is 17.5 Å². The molecule has 1 fully saturated rings. The molecule has 0 aliphatic carbocycles. The van der Waals surface area contributed by atoms with Gasteiger partial charge in [0.05, 0.1) is 4.92 Å². The van der Waals surface area contributed by atoms with E-state index in [9.17, 15) is 10.1 Å². The van der Waals surface area contributed by atoms with E-state index in [1.54, 1.807) is 0 Å². The van der Waals surface area contributed by atoms with Crippen molar-refractivity contribution in [1.29, 1.82) is 0 Å². The van der Waals surface area contributed by atoms with Crippen molar-refractivity contribution in [3.8, 4) is 0 Å². The van der Waals surface area contributed by atoms with Crippen molar-refractivity contribution in [2.24, 2.45) is 5.84 Å². The van der Waals surface area contributed by atoms with E-state index in [2.05, 4.69) is 25.6 Å². The van der Waals surface area contributed by atoms with Crippen LogP contribution in [0.2, 0.25) is 0 Å². The molecular weight excluding hydrogens is 282 g/mol. The number of nitro groups is 1. The first kappa shape index (κ1) is 14.8. The molecule has 1 saturated heterocycles. The maximum absolute atomic E-state index is 10.9. The predicted molar refractivity (Wildman–Crippen MR) is 78.8 cm³/mol. The highest BCUT2D eigenvalue weighted by atomic mass is 32.2. The Morgan fingerprint density at radius 1 is 1.50 bits per heavy atom. The fourth-order valence-corrected chi connectivity index (χ4v) is 2.84. The van der Waals surface area contributed by atoms with Crippen LogP contribution in [0.4, 0.5) is 17.5 Å². The molecular formula is C10H17N7O2S. The molecule has 1 aliphatic rings. The smallest absolute Gasteiger partial charge is 0.329 e. The van der Waals surface area contributed by atoms with Crippen molar-refractivity contribution in [2.75, 3.05) is 48.4 Å². The van der Waals surface area contributed by atoms with E-state index in [1.807, 2.05) is 11.8 Å². The lowest BCUT2D eigenvalue weighted by Crippen LogP contribution is -2.36. The van der Waals surface area contributed by atoms with Crippen LogP contribution in [0.25, 0.3) is 0 Å². The molecule has 1 aromatic heterocycles. The minimum Gasteiger partial charge on any atom is -0.363 e. The fraction of sp³-hybridized carbons (Fsp3) is 0.600. The van der Waals surface area contributed by atoms with Gasteiger partial charge < -0.3 is 5.32 Å². The van der Waals surface area contributed by atoms with Crippen LogP contribution in [0.3, 0.4) is 0 Å². The van der Waals surface area contributed by atoms with E-state index in [1.165, 1.54) is 0 Å². The number of hydrazine groups is 1. The third-order valence-electron chi connectivity index (χ3n) is 2.92. The lowest BCUT2D eigenvalue weighted by Gasteiger charge is -2.26. The molecule has 0 spiro atoms. The molecule has 1 aliphatic heterocycles. The van der Waals surface area contributed by atoms with Gasteiger partial charge in [-0.25, -0.2) is 10.8 Å². The van der Waals surface area contributed by atoms with Gasteiger partial charge in [0.2, 0.25) is 11.8 Å². The SMILES string of the molecule is NNc1ncc([N+](=O)[O-])c(NCCN2CCSCC2)n1. The van der Waals surface area contributed by atoms with Gasteiger partial charge in [-0.1, -0.05) is 0 Å². The van der Waals surface area contributed by atoms with Gasteiger partial charge in [0.1, 0.15) is 6.20 Å². The summed E-state index contributed by atoms with van der Waals surface area (Å²) in [6.45, 7) is 3.52. The Labute approximate surface area is 120 Å². The van der Waals surface area contributed by atoms with Crippen molar-refractivity contribution in [3.05, 3.63) is 16.3 Å². The summed E-state index contributed by atoms with van der Waals surface area (Å²) in [5.41, 5.74) is 2.12. The maximum Gasteiger partial charge on any atom is 0.329 e. The van der Waals surface area contributed by atoms with Gasteiger partial charge in [-0.05, 0) is 0 Å². The highest BCUT2D eigenvalue weighted by Crippen LogP contribution is 2.21. The highest BCUT2D eigenvalue weighted by molar-refractivity contribution is 7.99. The van der Waals surface area contributed by atoms with E-state index >= 15 is 0 Å². The van der Waals surface area contributed by atoms with Crippen LogP contribution in [-0.4, -0.2) is 57.5 Å². The average Bonchev–Trinajstić information content (AvgIpc) is 2.48. The van der Waals surface area contributed by atoms with Crippen LogP contribution >= 0.6 is 11.8 Å². The Kier molecular flexibility index (Phi) is 5.32. The van der Waals surface area contributed by atoms with Crippen molar-refractivity contribution < 1.29 is 4.92 Å². The Morgan fingerprint density at radius 2 is 2.25 bits per heavy atom. The van der Waals surface area contributed by atoms with Gasteiger partial charge >= 0.3 is 5.69 Å². The van der Waals surface area contributed by atoms with Crippen molar-refractivity contribution in [1.82, 2.24) is 14.9 Å². The summed E-state index contributed by atoms with van der Waals surface area (Å²) in [5, 5.41) is 13.9. The van der Waals surface area contributed by atoms with E-state index < -0.39 is 4.92 Å². The second-order valence-electron chi connectivity index (χ2n) is 4.21. The number of nitrogen functional groups attached to an aromatic ring is 1. The van der Waals surface area contributed by atoms with E-state index in [4.69, 9.17) is 5.84 Å². The Hall–Kier alpha value is -1.65. The van der Waals surface area contributed by atoms with Crippen LogP contribution in [0.15, 0.2) is 6.20 Å². The molecule has 0 bridgehead atoms. The molecule has 20 heavy (non-hydrogen) atoms. The van der Waals surface area contributed by atoms with E-state index in [0.29, 0.717) is 6.54 Å². The van der Waals surface area contributed by atoms with Crippen LogP contribution in [0.5, 0.6) is 0 Å². The molecule has 1 aromatic rings. The lowest BCUT2D eigenvalue weighted by atomic mass is 10.4. The van der Waals surface area contributed by atoms with Crippen molar-refractivity contribution >= 4 is 29.2 Å². The number of nitrogens with two attached hydrogens (primary N) is 1. The van der Waals surface area contributed by atoms with Gasteiger partial charge in [-0.15, -0.1) is 0 Å². The zero-order valence-corrected chi connectivity index (χ0v) is 11.7. The topological polar surface area (TPSA) is 122 Å². The number of hydrogen-bond donors (Lipinski definition) is 3. The second-order valence-corrected chi connectivity index (χ2v) is 5.43. The summed E-state index contributed by atoms with van der Waals surface area (Å²) >= 11 is 1.95. The molecule has 2 heterocycles. The van der Waals surface area contributed by atoms with Crippen LogP contribution in [0, 0.1) is 10.1 Å². The second kappa shape index (κ2) is 7.22. The number of rotatable bonds is 6. The van der Waals surface area contributed by atoms with Gasteiger partial charge in [0.25, 0.3) is 0 Å². The van der Waals surface area contributed by atoms with Gasteiger partial charge in [-0.3, -0.25) is 20.4 Å². The summed E-state index contributed by atoms with van der Waals surface area (Å²) in [7, 11) is 0. The summed E-state index contributed by atoms with van der Waals surface area (Å²) in [6.07, 6.45) is 1.14. The Morgan fingerprint density at radius 3 is 2.90 bits per heavy atom. The van der Waals surface area contributed by atoms with Gasteiger partial charge in [0, 0.05) is 37.7 Å².